The maximum atomic E-state index is 12.8. The lowest BCUT2D eigenvalue weighted by Crippen LogP contribution is -2.47. The summed E-state index contributed by atoms with van der Waals surface area (Å²) in [5.41, 5.74) is 5.21. The van der Waals surface area contributed by atoms with Gasteiger partial charge in [-0.3, -0.25) is 20.4 Å². The highest BCUT2D eigenvalue weighted by atomic mass is 19.1. The van der Waals surface area contributed by atoms with Gasteiger partial charge in [-0.2, -0.15) is 5.26 Å². The lowest BCUT2D eigenvalue weighted by Gasteiger charge is -2.15. The topological polar surface area (TPSA) is 91.2 Å². The molecule has 2 aromatic carbocycles. The summed E-state index contributed by atoms with van der Waals surface area (Å²) in [7, 11) is 0. The molecular weight excluding hydrogens is 313 g/mol. The van der Waals surface area contributed by atoms with Crippen LogP contribution in [0.5, 0.6) is 5.75 Å². The molecule has 0 aliphatic rings. The number of halogens is 1. The second-order valence-corrected chi connectivity index (χ2v) is 4.85. The first-order valence-corrected chi connectivity index (χ1v) is 7.02. The van der Waals surface area contributed by atoms with E-state index >= 15 is 0 Å². The zero-order valence-electron chi connectivity index (χ0n) is 12.7. The zero-order valence-corrected chi connectivity index (χ0v) is 12.7. The third-order valence-corrected chi connectivity index (χ3v) is 3.07. The number of nitrogens with zero attached hydrogens (tertiary/aromatic N) is 1. The number of ether oxygens (including phenoxy) is 1. The molecule has 24 heavy (non-hydrogen) atoms. The van der Waals surface area contributed by atoms with Crippen LogP contribution in [-0.4, -0.2) is 17.9 Å². The second-order valence-electron chi connectivity index (χ2n) is 4.85. The van der Waals surface area contributed by atoms with Crippen LogP contribution in [0.1, 0.15) is 22.8 Å². The molecule has 2 aromatic rings. The summed E-state index contributed by atoms with van der Waals surface area (Å²) in [5, 5.41) is 8.70. The Hall–Kier alpha value is -3.40. The van der Waals surface area contributed by atoms with Gasteiger partial charge in [-0.15, -0.1) is 0 Å². The van der Waals surface area contributed by atoms with Crippen molar-refractivity contribution in [3.63, 3.8) is 0 Å². The Morgan fingerprint density at radius 3 is 2.29 bits per heavy atom. The molecule has 122 valence electrons. The molecule has 0 bridgehead atoms. The molecule has 0 heterocycles. The minimum Gasteiger partial charge on any atom is -0.481 e. The molecule has 0 saturated carbocycles. The van der Waals surface area contributed by atoms with Crippen LogP contribution in [0.15, 0.2) is 48.5 Å². The summed E-state index contributed by atoms with van der Waals surface area (Å²) < 4.78 is 18.1. The minimum absolute atomic E-state index is 0.293. The molecule has 0 unspecified atom stereocenters. The van der Waals surface area contributed by atoms with E-state index in [4.69, 9.17) is 10.00 Å². The van der Waals surface area contributed by atoms with Crippen LogP contribution < -0.4 is 15.6 Å². The predicted molar refractivity (Wildman–Crippen MR) is 83.3 cm³/mol. The number of hydrogen-bond donors (Lipinski definition) is 2. The van der Waals surface area contributed by atoms with Gasteiger partial charge in [0.05, 0.1) is 11.6 Å². The summed E-state index contributed by atoms with van der Waals surface area (Å²) in [6.07, 6.45) is -0.892. The van der Waals surface area contributed by atoms with Crippen molar-refractivity contribution >= 4 is 11.8 Å². The Morgan fingerprint density at radius 1 is 1.08 bits per heavy atom. The third kappa shape index (κ3) is 4.55. The Kier molecular flexibility index (Phi) is 5.47. The third-order valence-electron chi connectivity index (χ3n) is 3.07. The van der Waals surface area contributed by atoms with Crippen LogP contribution in [0.3, 0.4) is 0 Å². The highest BCUT2D eigenvalue weighted by Gasteiger charge is 2.16. The fourth-order valence-electron chi connectivity index (χ4n) is 1.76. The molecule has 0 aliphatic carbocycles. The summed E-state index contributed by atoms with van der Waals surface area (Å²) in [5.74, 6) is -1.17. The first kappa shape index (κ1) is 17.0. The molecule has 0 aliphatic heterocycles. The van der Waals surface area contributed by atoms with E-state index in [9.17, 15) is 14.0 Å². The number of nitrogens with one attached hydrogen (secondary N) is 2. The van der Waals surface area contributed by atoms with Crippen molar-refractivity contribution in [3.8, 4) is 11.8 Å². The van der Waals surface area contributed by atoms with Gasteiger partial charge in [0.2, 0.25) is 0 Å². The SMILES string of the molecule is C[C@@H](Oc1ccc(F)cc1)C(=O)NNC(=O)c1ccc(C#N)cc1. The summed E-state index contributed by atoms with van der Waals surface area (Å²) in [6, 6.07) is 13.1. The van der Waals surface area contributed by atoms with E-state index in [0.29, 0.717) is 16.9 Å². The molecule has 0 saturated heterocycles. The van der Waals surface area contributed by atoms with Crippen LogP contribution in [0.2, 0.25) is 0 Å². The standard InChI is InChI=1S/C17H14FN3O3/c1-11(24-15-8-6-14(18)7-9-15)16(22)20-21-17(23)13-4-2-12(10-19)3-5-13/h2-9,11H,1H3,(H,20,22)(H,21,23)/t11-/m1/s1. The van der Waals surface area contributed by atoms with Gasteiger partial charge in [0.1, 0.15) is 11.6 Å². The van der Waals surface area contributed by atoms with E-state index in [-0.39, 0.29) is 0 Å². The second kappa shape index (κ2) is 7.74. The Labute approximate surface area is 137 Å². The number of rotatable bonds is 4. The molecule has 6 nitrogen and oxygen atoms in total. The molecule has 1 atom stereocenters. The van der Waals surface area contributed by atoms with Gasteiger partial charge in [0.15, 0.2) is 6.10 Å². The van der Waals surface area contributed by atoms with E-state index in [1.54, 1.807) is 0 Å². The summed E-state index contributed by atoms with van der Waals surface area (Å²) in [6.45, 7) is 1.49. The maximum absolute atomic E-state index is 12.8. The van der Waals surface area contributed by atoms with Crippen molar-refractivity contribution in [2.24, 2.45) is 0 Å². The van der Waals surface area contributed by atoms with Gasteiger partial charge in [-0.1, -0.05) is 0 Å². The van der Waals surface area contributed by atoms with Gasteiger partial charge < -0.3 is 4.74 Å². The largest absolute Gasteiger partial charge is 0.481 e. The monoisotopic (exact) mass is 327 g/mol. The molecule has 0 fully saturated rings. The fourth-order valence-corrected chi connectivity index (χ4v) is 1.76. The molecule has 0 aromatic heterocycles. The molecule has 2 amide bonds. The lowest BCUT2D eigenvalue weighted by molar-refractivity contribution is -0.128. The van der Waals surface area contributed by atoms with E-state index < -0.39 is 23.7 Å². The van der Waals surface area contributed by atoms with E-state index in [1.165, 1.54) is 55.5 Å². The Balaban J connectivity index is 1.86. The average molecular weight is 327 g/mol. The molecule has 0 radical (unpaired) electrons. The highest BCUT2D eigenvalue weighted by molar-refractivity contribution is 5.95. The smallest absolute Gasteiger partial charge is 0.279 e. The van der Waals surface area contributed by atoms with E-state index in [0.717, 1.165) is 0 Å². The number of hydrazine groups is 1. The number of carbonyl (C=O) groups is 2. The molecule has 2 rings (SSSR count). The lowest BCUT2D eigenvalue weighted by atomic mass is 10.1. The van der Waals surface area contributed by atoms with Gasteiger partial charge in [-0.25, -0.2) is 4.39 Å². The first-order valence-electron chi connectivity index (χ1n) is 7.02. The average Bonchev–Trinajstić information content (AvgIpc) is 2.61. The van der Waals surface area contributed by atoms with Crippen LogP contribution in [0, 0.1) is 17.1 Å². The van der Waals surface area contributed by atoms with Gasteiger partial charge in [0.25, 0.3) is 11.8 Å². The highest BCUT2D eigenvalue weighted by Crippen LogP contribution is 2.12. The van der Waals surface area contributed by atoms with Crippen molar-refractivity contribution in [2.45, 2.75) is 13.0 Å². The number of carbonyl (C=O) groups excluding carboxylic acids is 2. The van der Waals surface area contributed by atoms with Crippen molar-refractivity contribution in [3.05, 3.63) is 65.5 Å². The van der Waals surface area contributed by atoms with Crippen molar-refractivity contribution < 1.29 is 18.7 Å². The number of amides is 2. The van der Waals surface area contributed by atoms with Crippen LogP contribution in [0.4, 0.5) is 4.39 Å². The predicted octanol–water partition coefficient (Wildman–Crippen LogP) is 1.93. The van der Waals surface area contributed by atoms with Crippen molar-refractivity contribution in [1.29, 1.82) is 5.26 Å². The fraction of sp³-hybridized carbons (Fsp3) is 0.118. The quantitative estimate of drug-likeness (QED) is 0.840. The normalized spacial score (nSPS) is 11.0. The van der Waals surface area contributed by atoms with Crippen molar-refractivity contribution in [2.75, 3.05) is 0 Å². The molecule has 2 N–H and O–H groups in total. The van der Waals surface area contributed by atoms with Crippen molar-refractivity contribution in [1.82, 2.24) is 10.9 Å². The first-order chi connectivity index (χ1) is 11.5. The zero-order chi connectivity index (χ0) is 17.5. The van der Waals surface area contributed by atoms with Gasteiger partial charge in [0, 0.05) is 5.56 Å². The van der Waals surface area contributed by atoms with Crippen LogP contribution in [-0.2, 0) is 4.79 Å². The van der Waals surface area contributed by atoms with Crippen LogP contribution >= 0.6 is 0 Å². The summed E-state index contributed by atoms with van der Waals surface area (Å²) >= 11 is 0. The summed E-state index contributed by atoms with van der Waals surface area (Å²) in [4.78, 5) is 23.8. The van der Waals surface area contributed by atoms with Gasteiger partial charge in [-0.05, 0) is 55.5 Å². The van der Waals surface area contributed by atoms with E-state index in [1.807, 2.05) is 6.07 Å². The van der Waals surface area contributed by atoms with Gasteiger partial charge >= 0.3 is 0 Å². The molecule has 0 spiro atoms. The number of nitriles is 1. The number of hydrogen-bond acceptors (Lipinski definition) is 4. The van der Waals surface area contributed by atoms with E-state index in [2.05, 4.69) is 10.9 Å². The minimum atomic E-state index is -0.892. The Bertz CT molecular complexity index is 767. The number of benzene rings is 2. The molecule has 7 heteroatoms. The Morgan fingerprint density at radius 2 is 1.71 bits per heavy atom. The maximum Gasteiger partial charge on any atom is 0.279 e. The molecular formula is C17H14FN3O3. The van der Waals surface area contributed by atoms with Crippen LogP contribution in [0.25, 0.3) is 0 Å².